The fraction of sp³-hybridized carbons (Fsp3) is 0.250. The molecule has 0 spiro atoms. The second-order valence-corrected chi connectivity index (χ2v) is 3.49. The van der Waals surface area contributed by atoms with Crippen LogP contribution in [-0.2, 0) is 4.79 Å². The highest BCUT2D eigenvalue weighted by Gasteiger charge is 2.18. The summed E-state index contributed by atoms with van der Waals surface area (Å²) in [6.07, 6.45) is 0.396. The van der Waals surface area contributed by atoms with Crippen LogP contribution in [0.5, 0.6) is 0 Å². The van der Waals surface area contributed by atoms with E-state index in [0.717, 1.165) is 0 Å². The Labute approximate surface area is 99.2 Å². The maximum Gasteiger partial charge on any atom is 0.251 e. The molecule has 0 aliphatic heterocycles. The Hall–Kier alpha value is -2.35. The highest BCUT2D eigenvalue weighted by molar-refractivity contribution is 5.97. The van der Waals surface area contributed by atoms with E-state index in [-0.39, 0.29) is 18.7 Å². The molecular formula is C12H13N3O2. The van der Waals surface area contributed by atoms with Crippen molar-refractivity contribution < 1.29 is 9.59 Å². The second kappa shape index (κ2) is 6.28. The molecular weight excluding hydrogens is 218 g/mol. The zero-order valence-electron chi connectivity index (χ0n) is 9.22. The Morgan fingerprint density at radius 1 is 1.35 bits per heavy atom. The number of primary amides is 1. The van der Waals surface area contributed by atoms with Crippen molar-refractivity contribution in [2.75, 3.05) is 0 Å². The lowest BCUT2D eigenvalue weighted by Gasteiger charge is -2.13. The predicted molar refractivity (Wildman–Crippen MR) is 61.7 cm³/mol. The van der Waals surface area contributed by atoms with Gasteiger partial charge in [-0.05, 0) is 18.6 Å². The van der Waals surface area contributed by atoms with Gasteiger partial charge >= 0.3 is 0 Å². The standard InChI is InChI=1S/C12H13N3O2/c13-8-4-7-10(11(14)16)15-12(17)9-5-2-1-3-6-9/h1-3,5-6,10H,4,7H2,(H2,14,16)(H,15,17)/t10-/m0/s1. The Morgan fingerprint density at radius 3 is 2.53 bits per heavy atom. The first-order valence-corrected chi connectivity index (χ1v) is 5.17. The summed E-state index contributed by atoms with van der Waals surface area (Å²) in [4.78, 5) is 22.8. The monoisotopic (exact) mass is 231 g/mol. The number of nitriles is 1. The van der Waals surface area contributed by atoms with Crippen LogP contribution in [0.3, 0.4) is 0 Å². The molecule has 5 nitrogen and oxygen atoms in total. The molecule has 0 unspecified atom stereocenters. The molecule has 0 bridgehead atoms. The fourth-order valence-electron chi connectivity index (χ4n) is 1.33. The number of amides is 2. The molecule has 0 aliphatic carbocycles. The van der Waals surface area contributed by atoms with Gasteiger partial charge in [-0.15, -0.1) is 0 Å². The third-order valence-electron chi connectivity index (χ3n) is 2.23. The minimum atomic E-state index is -0.803. The minimum Gasteiger partial charge on any atom is -0.368 e. The quantitative estimate of drug-likeness (QED) is 0.775. The van der Waals surface area contributed by atoms with E-state index in [1.54, 1.807) is 30.3 Å². The molecule has 1 rings (SSSR count). The van der Waals surface area contributed by atoms with Gasteiger partial charge in [0.2, 0.25) is 5.91 Å². The summed E-state index contributed by atoms with van der Waals surface area (Å²) >= 11 is 0. The van der Waals surface area contributed by atoms with Gasteiger partial charge in [-0.1, -0.05) is 18.2 Å². The van der Waals surface area contributed by atoms with Crippen LogP contribution in [0.15, 0.2) is 30.3 Å². The Morgan fingerprint density at radius 2 is 2.00 bits per heavy atom. The number of hydrogen-bond donors (Lipinski definition) is 2. The Bertz CT molecular complexity index is 437. The van der Waals surface area contributed by atoms with Gasteiger partial charge in [-0.2, -0.15) is 5.26 Å². The van der Waals surface area contributed by atoms with Crippen molar-refractivity contribution in [2.45, 2.75) is 18.9 Å². The maximum absolute atomic E-state index is 11.7. The molecule has 0 saturated heterocycles. The Balaban J connectivity index is 2.65. The number of carbonyl (C=O) groups is 2. The van der Waals surface area contributed by atoms with E-state index in [1.165, 1.54) is 0 Å². The molecule has 0 aliphatic rings. The van der Waals surface area contributed by atoms with E-state index in [1.807, 2.05) is 6.07 Å². The first-order chi connectivity index (χ1) is 8.15. The van der Waals surface area contributed by atoms with E-state index >= 15 is 0 Å². The summed E-state index contributed by atoms with van der Waals surface area (Å²) < 4.78 is 0. The van der Waals surface area contributed by atoms with Crippen molar-refractivity contribution in [3.8, 4) is 6.07 Å². The highest BCUT2D eigenvalue weighted by atomic mass is 16.2. The van der Waals surface area contributed by atoms with Gasteiger partial charge in [0.15, 0.2) is 0 Å². The zero-order valence-corrected chi connectivity index (χ0v) is 9.22. The third-order valence-corrected chi connectivity index (χ3v) is 2.23. The van der Waals surface area contributed by atoms with Gasteiger partial charge in [0.1, 0.15) is 6.04 Å². The summed E-state index contributed by atoms with van der Waals surface area (Å²) in [5.41, 5.74) is 5.60. The van der Waals surface area contributed by atoms with Crippen molar-refractivity contribution in [3.05, 3.63) is 35.9 Å². The van der Waals surface area contributed by atoms with E-state index in [0.29, 0.717) is 5.56 Å². The molecule has 1 aromatic rings. The summed E-state index contributed by atoms with van der Waals surface area (Å²) in [7, 11) is 0. The highest BCUT2D eigenvalue weighted by Crippen LogP contribution is 2.01. The molecule has 1 aromatic carbocycles. The number of nitrogens with one attached hydrogen (secondary N) is 1. The van der Waals surface area contributed by atoms with Crippen LogP contribution in [0.4, 0.5) is 0 Å². The number of hydrogen-bond acceptors (Lipinski definition) is 3. The molecule has 5 heteroatoms. The molecule has 0 heterocycles. The van der Waals surface area contributed by atoms with Crippen molar-refractivity contribution in [1.82, 2.24) is 5.32 Å². The van der Waals surface area contributed by atoms with Crippen molar-refractivity contribution in [2.24, 2.45) is 5.73 Å². The molecule has 17 heavy (non-hydrogen) atoms. The molecule has 0 aromatic heterocycles. The zero-order chi connectivity index (χ0) is 12.7. The second-order valence-electron chi connectivity index (χ2n) is 3.49. The Kier molecular flexibility index (Phi) is 4.70. The van der Waals surface area contributed by atoms with Crippen LogP contribution in [0, 0.1) is 11.3 Å². The lowest BCUT2D eigenvalue weighted by atomic mass is 10.1. The smallest absolute Gasteiger partial charge is 0.251 e. The van der Waals surface area contributed by atoms with Crippen LogP contribution in [0.25, 0.3) is 0 Å². The van der Waals surface area contributed by atoms with E-state index in [4.69, 9.17) is 11.0 Å². The minimum absolute atomic E-state index is 0.169. The van der Waals surface area contributed by atoms with Crippen molar-refractivity contribution >= 4 is 11.8 Å². The summed E-state index contributed by atoms with van der Waals surface area (Å²) in [5, 5.41) is 10.9. The van der Waals surface area contributed by atoms with Crippen LogP contribution in [0.1, 0.15) is 23.2 Å². The number of rotatable bonds is 5. The number of nitrogens with two attached hydrogens (primary N) is 1. The van der Waals surface area contributed by atoms with Gasteiger partial charge in [0.05, 0.1) is 6.07 Å². The van der Waals surface area contributed by atoms with Crippen LogP contribution in [-0.4, -0.2) is 17.9 Å². The number of carbonyl (C=O) groups excluding carboxylic acids is 2. The molecule has 1 atom stereocenters. The summed E-state index contributed by atoms with van der Waals surface area (Å²) in [6, 6.07) is 9.62. The summed E-state index contributed by atoms with van der Waals surface area (Å²) in [6.45, 7) is 0. The molecule has 0 fully saturated rings. The van der Waals surface area contributed by atoms with E-state index in [9.17, 15) is 9.59 Å². The van der Waals surface area contributed by atoms with Gasteiger partial charge in [0, 0.05) is 12.0 Å². The molecule has 2 amide bonds. The first kappa shape index (κ1) is 12.7. The van der Waals surface area contributed by atoms with Gasteiger partial charge in [-0.3, -0.25) is 9.59 Å². The average Bonchev–Trinajstić information content (AvgIpc) is 2.35. The fourth-order valence-corrected chi connectivity index (χ4v) is 1.33. The van der Waals surface area contributed by atoms with Crippen LogP contribution < -0.4 is 11.1 Å². The normalized spacial score (nSPS) is 11.2. The van der Waals surface area contributed by atoms with E-state index < -0.39 is 11.9 Å². The third kappa shape index (κ3) is 3.95. The van der Waals surface area contributed by atoms with Crippen molar-refractivity contribution in [3.63, 3.8) is 0 Å². The predicted octanol–water partition coefficient (Wildman–Crippen LogP) is 0.574. The maximum atomic E-state index is 11.7. The van der Waals surface area contributed by atoms with Gasteiger partial charge < -0.3 is 11.1 Å². The average molecular weight is 231 g/mol. The summed E-state index contributed by atoms with van der Waals surface area (Å²) in [5.74, 6) is -1.00. The molecule has 3 N–H and O–H groups in total. The first-order valence-electron chi connectivity index (χ1n) is 5.17. The van der Waals surface area contributed by atoms with Gasteiger partial charge in [-0.25, -0.2) is 0 Å². The topological polar surface area (TPSA) is 96.0 Å². The molecule has 88 valence electrons. The molecule has 0 radical (unpaired) electrons. The van der Waals surface area contributed by atoms with E-state index in [2.05, 4.69) is 5.32 Å². The number of benzene rings is 1. The van der Waals surface area contributed by atoms with Crippen LogP contribution >= 0.6 is 0 Å². The van der Waals surface area contributed by atoms with Crippen molar-refractivity contribution in [1.29, 1.82) is 5.26 Å². The largest absolute Gasteiger partial charge is 0.368 e. The molecule has 0 saturated carbocycles. The lowest BCUT2D eigenvalue weighted by Crippen LogP contribution is -2.44. The lowest BCUT2D eigenvalue weighted by molar-refractivity contribution is -0.119. The SMILES string of the molecule is N#CCC[C@H](NC(=O)c1ccccc1)C(N)=O. The number of nitrogens with zero attached hydrogens (tertiary/aromatic N) is 1. The van der Waals surface area contributed by atoms with Gasteiger partial charge in [0.25, 0.3) is 5.91 Å². The van der Waals surface area contributed by atoms with Crippen LogP contribution in [0.2, 0.25) is 0 Å².